The minimum absolute atomic E-state index is 0.0411. The second-order valence-corrected chi connectivity index (χ2v) is 6.10. The van der Waals surface area contributed by atoms with E-state index < -0.39 is 12.1 Å². The lowest BCUT2D eigenvalue weighted by Crippen LogP contribution is -2.47. The van der Waals surface area contributed by atoms with Gasteiger partial charge in [-0.15, -0.1) is 0 Å². The molecule has 8 heteroatoms. The summed E-state index contributed by atoms with van der Waals surface area (Å²) in [4.78, 5) is 17.6. The average molecular weight is 333 g/mol. The molecule has 1 aromatic carbocycles. The molecule has 2 fully saturated rings. The fourth-order valence-electron chi connectivity index (χ4n) is 3.02. The molecule has 7 nitrogen and oxygen atoms in total. The van der Waals surface area contributed by atoms with Crippen molar-refractivity contribution >= 4 is 5.91 Å². The number of hydroxylamine groups is 2. The molecule has 0 saturated carbocycles. The quantitative estimate of drug-likeness (QED) is 0.817. The van der Waals surface area contributed by atoms with E-state index in [1.54, 1.807) is 13.1 Å². The molecule has 1 amide bonds. The molecule has 128 valence electrons. The normalized spacial score (nSPS) is 28.0. The van der Waals surface area contributed by atoms with Crippen LogP contribution in [0, 0.1) is 17.1 Å². The minimum atomic E-state index is -0.572. The maximum absolute atomic E-state index is 13.2. The van der Waals surface area contributed by atoms with Gasteiger partial charge in [-0.2, -0.15) is 10.3 Å². The number of carbonyl (C=O) groups is 1. The van der Waals surface area contributed by atoms with E-state index in [-0.39, 0.29) is 17.8 Å². The number of hydrogen-bond donors (Lipinski definition) is 2. The fourth-order valence-corrected chi connectivity index (χ4v) is 3.02. The summed E-state index contributed by atoms with van der Waals surface area (Å²) in [6.07, 6.45) is -0.205. The van der Waals surface area contributed by atoms with Crippen LogP contribution in [0.1, 0.15) is 12.0 Å². The summed E-state index contributed by atoms with van der Waals surface area (Å²) in [6.45, 7) is 1.80. The Morgan fingerprint density at radius 1 is 1.58 bits per heavy atom. The third-order valence-electron chi connectivity index (χ3n) is 4.23. The molecule has 2 saturated heterocycles. The largest absolute Gasteiger partial charge is 0.349 e. The van der Waals surface area contributed by atoms with Gasteiger partial charge in [0, 0.05) is 33.1 Å². The summed E-state index contributed by atoms with van der Waals surface area (Å²) in [5, 5.41) is 15.3. The number of nitrogens with zero attached hydrogens (tertiary/aromatic N) is 3. The number of likely N-dealkylation sites (N-methyl/N-ethyl adjacent to an activating group) is 1. The lowest BCUT2D eigenvalue weighted by Gasteiger charge is -2.20. The first-order chi connectivity index (χ1) is 11.5. The zero-order chi connectivity index (χ0) is 17.1. The summed E-state index contributed by atoms with van der Waals surface area (Å²) in [7, 11) is 1.66. The lowest BCUT2D eigenvalue weighted by atomic mass is 10.1. The molecule has 0 aliphatic carbocycles. The summed E-state index contributed by atoms with van der Waals surface area (Å²) in [6, 6.07) is 7.99. The molecule has 0 aromatic heterocycles. The third kappa shape index (κ3) is 3.88. The number of halogens is 1. The standard InChI is InChI=1S/C16H20FN5O2/c1-21-15(6-14(7-18)24-21)16(23)20-13-8-19-22(10-13)9-11-3-2-4-12(17)5-11/h2-5,13-15,19H,6,8-10H2,1H3,(H,20,23). The first-order valence-corrected chi connectivity index (χ1v) is 7.87. The van der Waals surface area contributed by atoms with Crippen molar-refractivity contribution in [2.24, 2.45) is 0 Å². The second kappa shape index (κ2) is 7.23. The van der Waals surface area contributed by atoms with E-state index in [9.17, 15) is 9.18 Å². The Bertz CT molecular complexity index is 650. The topological polar surface area (TPSA) is 80.6 Å². The number of nitriles is 1. The van der Waals surface area contributed by atoms with Crippen molar-refractivity contribution in [1.29, 1.82) is 5.26 Å². The van der Waals surface area contributed by atoms with Crippen LogP contribution in [0.2, 0.25) is 0 Å². The van der Waals surface area contributed by atoms with Crippen molar-refractivity contribution in [3.8, 4) is 6.07 Å². The average Bonchev–Trinajstić information content (AvgIpc) is 3.13. The van der Waals surface area contributed by atoms with E-state index in [0.717, 1.165) is 5.56 Å². The predicted octanol–water partition coefficient (Wildman–Crippen LogP) is 0.159. The van der Waals surface area contributed by atoms with Crippen LogP contribution in [0.15, 0.2) is 24.3 Å². The van der Waals surface area contributed by atoms with Gasteiger partial charge in [0.15, 0.2) is 6.10 Å². The molecular weight excluding hydrogens is 313 g/mol. The highest BCUT2D eigenvalue weighted by molar-refractivity contribution is 5.82. The molecule has 0 radical (unpaired) electrons. The molecule has 24 heavy (non-hydrogen) atoms. The maximum atomic E-state index is 13.2. The van der Waals surface area contributed by atoms with Gasteiger partial charge < -0.3 is 5.32 Å². The highest BCUT2D eigenvalue weighted by Gasteiger charge is 2.37. The Kier molecular flexibility index (Phi) is 5.06. The number of hydrazine groups is 1. The Balaban J connectivity index is 1.49. The van der Waals surface area contributed by atoms with E-state index in [1.807, 2.05) is 17.1 Å². The van der Waals surface area contributed by atoms with Crippen LogP contribution in [0.5, 0.6) is 0 Å². The predicted molar refractivity (Wildman–Crippen MR) is 83.4 cm³/mol. The fraction of sp³-hybridized carbons (Fsp3) is 0.500. The summed E-state index contributed by atoms with van der Waals surface area (Å²) < 4.78 is 13.2. The van der Waals surface area contributed by atoms with Crippen LogP contribution in [-0.4, -0.2) is 54.3 Å². The van der Waals surface area contributed by atoms with Crippen molar-refractivity contribution in [2.75, 3.05) is 20.1 Å². The van der Waals surface area contributed by atoms with Gasteiger partial charge in [-0.3, -0.25) is 15.1 Å². The Morgan fingerprint density at radius 3 is 3.12 bits per heavy atom. The van der Waals surface area contributed by atoms with Crippen molar-refractivity contribution in [3.05, 3.63) is 35.6 Å². The number of amides is 1. The molecule has 2 N–H and O–H groups in total. The van der Waals surface area contributed by atoms with E-state index >= 15 is 0 Å². The molecule has 3 atom stereocenters. The number of benzene rings is 1. The molecule has 1 aromatic rings. The SMILES string of the molecule is CN1OC(C#N)CC1C(=O)NC1CNN(Cc2cccc(F)c2)C1. The van der Waals surface area contributed by atoms with Gasteiger partial charge in [0.2, 0.25) is 5.91 Å². The number of nitrogens with one attached hydrogen (secondary N) is 2. The summed E-state index contributed by atoms with van der Waals surface area (Å²) in [5.41, 5.74) is 4.07. The van der Waals surface area contributed by atoms with Crippen LogP contribution in [0.3, 0.4) is 0 Å². The molecule has 2 heterocycles. The molecule has 0 spiro atoms. The van der Waals surface area contributed by atoms with Crippen molar-refractivity contribution in [3.63, 3.8) is 0 Å². The van der Waals surface area contributed by atoms with Crippen molar-refractivity contribution < 1.29 is 14.0 Å². The zero-order valence-electron chi connectivity index (χ0n) is 13.4. The molecule has 3 rings (SSSR count). The zero-order valence-corrected chi connectivity index (χ0v) is 13.4. The Labute approximate surface area is 139 Å². The van der Waals surface area contributed by atoms with E-state index in [2.05, 4.69) is 10.7 Å². The molecular formula is C16H20FN5O2. The Hall–Kier alpha value is -2.05. The first kappa shape index (κ1) is 16.8. The van der Waals surface area contributed by atoms with Gasteiger partial charge in [0.1, 0.15) is 11.9 Å². The van der Waals surface area contributed by atoms with Crippen LogP contribution in [0.4, 0.5) is 4.39 Å². The lowest BCUT2D eigenvalue weighted by molar-refractivity contribution is -0.150. The molecule has 2 aliphatic rings. The monoisotopic (exact) mass is 333 g/mol. The first-order valence-electron chi connectivity index (χ1n) is 7.87. The van der Waals surface area contributed by atoms with E-state index in [1.165, 1.54) is 17.2 Å². The third-order valence-corrected chi connectivity index (χ3v) is 4.23. The summed E-state index contributed by atoms with van der Waals surface area (Å²) >= 11 is 0. The van der Waals surface area contributed by atoms with Crippen molar-refractivity contribution in [1.82, 2.24) is 20.8 Å². The minimum Gasteiger partial charge on any atom is -0.349 e. The molecule has 0 bridgehead atoms. The van der Waals surface area contributed by atoms with Gasteiger partial charge in [-0.25, -0.2) is 9.40 Å². The van der Waals surface area contributed by atoms with Gasteiger partial charge in [0.05, 0.1) is 12.1 Å². The van der Waals surface area contributed by atoms with Gasteiger partial charge in [-0.05, 0) is 17.7 Å². The van der Waals surface area contributed by atoms with Gasteiger partial charge in [-0.1, -0.05) is 12.1 Å². The van der Waals surface area contributed by atoms with E-state index in [4.69, 9.17) is 10.1 Å². The van der Waals surface area contributed by atoms with Crippen LogP contribution in [0.25, 0.3) is 0 Å². The highest BCUT2D eigenvalue weighted by atomic mass is 19.1. The highest BCUT2D eigenvalue weighted by Crippen LogP contribution is 2.19. The Morgan fingerprint density at radius 2 is 2.42 bits per heavy atom. The van der Waals surface area contributed by atoms with Crippen LogP contribution in [-0.2, 0) is 16.2 Å². The van der Waals surface area contributed by atoms with Crippen molar-refractivity contribution in [2.45, 2.75) is 31.2 Å². The van der Waals surface area contributed by atoms with E-state index in [0.29, 0.717) is 26.1 Å². The number of hydrogen-bond acceptors (Lipinski definition) is 6. The number of carbonyl (C=O) groups excluding carboxylic acids is 1. The van der Waals surface area contributed by atoms with Crippen LogP contribution >= 0.6 is 0 Å². The number of rotatable bonds is 4. The molecule has 2 aliphatic heterocycles. The molecule has 3 unspecified atom stereocenters. The smallest absolute Gasteiger partial charge is 0.240 e. The van der Waals surface area contributed by atoms with Gasteiger partial charge in [0.25, 0.3) is 0 Å². The summed E-state index contributed by atoms with van der Waals surface area (Å²) in [5.74, 6) is -0.400. The second-order valence-electron chi connectivity index (χ2n) is 6.10. The maximum Gasteiger partial charge on any atom is 0.240 e. The van der Waals surface area contributed by atoms with Gasteiger partial charge >= 0.3 is 0 Å². The van der Waals surface area contributed by atoms with Crippen LogP contribution < -0.4 is 10.7 Å².